The van der Waals surface area contributed by atoms with Crippen LogP contribution in [-0.2, 0) is 9.59 Å². The van der Waals surface area contributed by atoms with E-state index in [1.807, 2.05) is 30.9 Å². The molecular weight excluding hydrogens is 268 g/mol. The van der Waals surface area contributed by atoms with E-state index in [4.69, 9.17) is 5.73 Å². The molecule has 2 rings (SSSR count). The Morgan fingerprint density at radius 3 is 2.90 bits per heavy atom. The van der Waals surface area contributed by atoms with Gasteiger partial charge in [0.1, 0.15) is 0 Å². The monoisotopic (exact) mass is 290 g/mol. The first-order chi connectivity index (χ1) is 10.0. The average Bonchev–Trinajstić information content (AvgIpc) is 2.48. The van der Waals surface area contributed by atoms with Crippen LogP contribution in [0.15, 0.2) is 24.3 Å². The van der Waals surface area contributed by atoms with Gasteiger partial charge in [0.25, 0.3) is 0 Å². The highest BCUT2D eigenvalue weighted by atomic mass is 16.2. The number of amides is 2. The molecular formula is C15H22N4O2. The number of nitrogen functional groups attached to an aromatic ring is 1. The van der Waals surface area contributed by atoms with E-state index in [2.05, 4.69) is 10.6 Å². The third-order valence-corrected chi connectivity index (χ3v) is 3.85. The normalized spacial score (nSPS) is 20.7. The number of hydrogen-bond donors (Lipinski definition) is 3. The standard InChI is InChI=1S/C15H22N4O2/c1-3-13-15(21)17-8-9-19(13)10(2)14(20)18-12-7-5-4-6-11(12)16/h4-7,10,13H,3,8-9,16H2,1-2H3,(H,17,21)(H,18,20). The second kappa shape index (κ2) is 6.58. The number of piperazine rings is 1. The number of nitrogens with one attached hydrogen (secondary N) is 2. The Morgan fingerprint density at radius 1 is 1.52 bits per heavy atom. The molecule has 114 valence electrons. The topological polar surface area (TPSA) is 87.5 Å². The van der Waals surface area contributed by atoms with Gasteiger partial charge in [-0.2, -0.15) is 0 Å². The van der Waals surface area contributed by atoms with Gasteiger partial charge >= 0.3 is 0 Å². The second-order valence-electron chi connectivity index (χ2n) is 5.21. The molecule has 2 amide bonds. The number of hydrogen-bond acceptors (Lipinski definition) is 4. The molecule has 0 radical (unpaired) electrons. The lowest BCUT2D eigenvalue weighted by Crippen LogP contribution is -2.59. The molecule has 1 aromatic carbocycles. The van der Waals surface area contributed by atoms with E-state index in [-0.39, 0.29) is 23.9 Å². The molecule has 2 atom stereocenters. The lowest BCUT2D eigenvalue weighted by atomic mass is 10.1. The van der Waals surface area contributed by atoms with Crippen LogP contribution in [0.5, 0.6) is 0 Å². The van der Waals surface area contributed by atoms with Crippen LogP contribution in [-0.4, -0.2) is 41.9 Å². The third kappa shape index (κ3) is 3.33. The van der Waals surface area contributed by atoms with E-state index in [1.54, 1.807) is 12.1 Å². The van der Waals surface area contributed by atoms with Crippen molar-refractivity contribution >= 4 is 23.2 Å². The van der Waals surface area contributed by atoms with Crippen LogP contribution in [0, 0.1) is 0 Å². The van der Waals surface area contributed by atoms with Crippen molar-refractivity contribution in [1.29, 1.82) is 0 Å². The number of nitrogens with two attached hydrogens (primary N) is 1. The molecule has 0 saturated carbocycles. The van der Waals surface area contributed by atoms with Crippen molar-refractivity contribution < 1.29 is 9.59 Å². The quantitative estimate of drug-likeness (QED) is 0.716. The van der Waals surface area contributed by atoms with Gasteiger partial charge in [-0.1, -0.05) is 19.1 Å². The Hall–Kier alpha value is -2.08. The second-order valence-corrected chi connectivity index (χ2v) is 5.21. The highest BCUT2D eigenvalue weighted by molar-refractivity contribution is 5.97. The van der Waals surface area contributed by atoms with Crippen LogP contribution >= 0.6 is 0 Å². The largest absolute Gasteiger partial charge is 0.397 e. The minimum atomic E-state index is -0.388. The van der Waals surface area contributed by atoms with Crippen molar-refractivity contribution in [2.24, 2.45) is 0 Å². The van der Waals surface area contributed by atoms with Gasteiger partial charge in [-0.15, -0.1) is 0 Å². The van der Waals surface area contributed by atoms with Gasteiger partial charge in [0.05, 0.1) is 23.5 Å². The lowest BCUT2D eigenvalue weighted by Gasteiger charge is -2.37. The van der Waals surface area contributed by atoms with E-state index >= 15 is 0 Å². The van der Waals surface area contributed by atoms with Crippen LogP contribution in [0.25, 0.3) is 0 Å². The summed E-state index contributed by atoms with van der Waals surface area (Å²) >= 11 is 0. The number of benzene rings is 1. The SMILES string of the molecule is CCC1C(=O)NCCN1C(C)C(=O)Nc1ccccc1N. The maximum absolute atomic E-state index is 12.4. The minimum absolute atomic E-state index is 0.0115. The Balaban J connectivity index is 2.08. The molecule has 4 N–H and O–H groups in total. The predicted molar refractivity (Wildman–Crippen MR) is 82.7 cm³/mol. The van der Waals surface area contributed by atoms with Crippen molar-refractivity contribution in [3.63, 3.8) is 0 Å². The van der Waals surface area contributed by atoms with Crippen molar-refractivity contribution in [2.45, 2.75) is 32.4 Å². The summed E-state index contributed by atoms with van der Waals surface area (Å²) in [5.74, 6) is -0.163. The third-order valence-electron chi connectivity index (χ3n) is 3.85. The molecule has 2 unspecified atom stereocenters. The molecule has 1 aliphatic heterocycles. The summed E-state index contributed by atoms with van der Waals surface area (Å²) in [5, 5.41) is 5.66. The Kier molecular flexibility index (Phi) is 4.80. The zero-order valence-electron chi connectivity index (χ0n) is 12.4. The number of carbonyl (C=O) groups excluding carboxylic acids is 2. The number of carbonyl (C=O) groups is 2. The van der Waals surface area contributed by atoms with E-state index in [1.165, 1.54) is 0 Å². The van der Waals surface area contributed by atoms with E-state index < -0.39 is 0 Å². The van der Waals surface area contributed by atoms with Gasteiger partial charge in [0.2, 0.25) is 11.8 Å². The molecule has 6 nitrogen and oxygen atoms in total. The zero-order valence-corrected chi connectivity index (χ0v) is 12.4. The van der Waals surface area contributed by atoms with Gasteiger partial charge in [-0.3, -0.25) is 14.5 Å². The molecule has 6 heteroatoms. The van der Waals surface area contributed by atoms with Crippen LogP contribution in [0.1, 0.15) is 20.3 Å². The molecule has 1 aliphatic rings. The summed E-state index contributed by atoms with van der Waals surface area (Å²) in [6.07, 6.45) is 0.678. The summed E-state index contributed by atoms with van der Waals surface area (Å²) in [4.78, 5) is 26.2. The van der Waals surface area contributed by atoms with Crippen LogP contribution in [0.4, 0.5) is 11.4 Å². The van der Waals surface area contributed by atoms with Crippen LogP contribution < -0.4 is 16.4 Å². The summed E-state index contributed by atoms with van der Waals surface area (Å²) in [6, 6.07) is 6.49. The molecule has 0 aliphatic carbocycles. The van der Waals surface area contributed by atoms with Gasteiger partial charge in [0, 0.05) is 13.1 Å². The Labute approximate surface area is 124 Å². The fourth-order valence-corrected chi connectivity index (χ4v) is 2.61. The molecule has 1 heterocycles. The number of para-hydroxylation sites is 2. The lowest BCUT2D eigenvalue weighted by molar-refractivity contribution is -0.133. The maximum Gasteiger partial charge on any atom is 0.241 e. The Morgan fingerprint density at radius 2 is 2.24 bits per heavy atom. The van der Waals surface area contributed by atoms with Crippen LogP contribution in [0.2, 0.25) is 0 Å². The molecule has 1 fully saturated rings. The zero-order chi connectivity index (χ0) is 15.4. The number of nitrogens with zero attached hydrogens (tertiary/aromatic N) is 1. The van der Waals surface area contributed by atoms with E-state index in [0.29, 0.717) is 30.9 Å². The number of rotatable bonds is 4. The summed E-state index contributed by atoms with van der Waals surface area (Å²) in [5.41, 5.74) is 6.96. The molecule has 0 bridgehead atoms. The first-order valence-electron chi connectivity index (χ1n) is 7.23. The van der Waals surface area contributed by atoms with Crippen molar-refractivity contribution in [3.05, 3.63) is 24.3 Å². The highest BCUT2D eigenvalue weighted by Crippen LogP contribution is 2.19. The van der Waals surface area contributed by atoms with Gasteiger partial charge in [-0.05, 0) is 25.5 Å². The molecule has 1 saturated heterocycles. The molecule has 21 heavy (non-hydrogen) atoms. The molecule has 0 aromatic heterocycles. The highest BCUT2D eigenvalue weighted by Gasteiger charge is 2.34. The first-order valence-corrected chi connectivity index (χ1v) is 7.23. The minimum Gasteiger partial charge on any atom is -0.397 e. The van der Waals surface area contributed by atoms with E-state index in [0.717, 1.165) is 0 Å². The average molecular weight is 290 g/mol. The maximum atomic E-state index is 12.4. The van der Waals surface area contributed by atoms with Gasteiger partial charge in [-0.25, -0.2) is 0 Å². The fourth-order valence-electron chi connectivity index (χ4n) is 2.61. The van der Waals surface area contributed by atoms with E-state index in [9.17, 15) is 9.59 Å². The smallest absolute Gasteiger partial charge is 0.241 e. The van der Waals surface area contributed by atoms with Crippen molar-refractivity contribution in [3.8, 4) is 0 Å². The van der Waals surface area contributed by atoms with Crippen LogP contribution in [0.3, 0.4) is 0 Å². The first kappa shape index (κ1) is 15.3. The summed E-state index contributed by atoms with van der Waals surface area (Å²) in [6.45, 7) is 5.00. The van der Waals surface area contributed by atoms with Crippen molar-refractivity contribution in [2.75, 3.05) is 24.1 Å². The Bertz CT molecular complexity index is 532. The molecule has 0 spiro atoms. The summed E-state index contributed by atoms with van der Waals surface area (Å²) in [7, 11) is 0. The van der Waals surface area contributed by atoms with Gasteiger partial charge in [0.15, 0.2) is 0 Å². The predicted octanol–water partition coefficient (Wildman–Crippen LogP) is 0.806. The van der Waals surface area contributed by atoms with Crippen molar-refractivity contribution in [1.82, 2.24) is 10.2 Å². The number of anilines is 2. The van der Waals surface area contributed by atoms with Gasteiger partial charge < -0.3 is 16.4 Å². The fraction of sp³-hybridized carbons (Fsp3) is 0.467. The summed E-state index contributed by atoms with van der Waals surface area (Å²) < 4.78 is 0. The molecule has 1 aromatic rings.